The maximum atomic E-state index is 12.0. The molecule has 1 atom stereocenters. The zero-order valence-electron chi connectivity index (χ0n) is 13.2. The van der Waals surface area contributed by atoms with Crippen molar-refractivity contribution in [3.05, 3.63) is 40.2 Å². The van der Waals surface area contributed by atoms with Gasteiger partial charge in [-0.2, -0.15) is 0 Å². The minimum absolute atomic E-state index is 0.0970. The average molecular weight is 334 g/mol. The van der Waals surface area contributed by atoms with Gasteiger partial charge in [0.1, 0.15) is 5.76 Å². The first-order valence-electron chi connectivity index (χ1n) is 7.92. The summed E-state index contributed by atoms with van der Waals surface area (Å²) >= 11 is 1.59. The Morgan fingerprint density at radius 3 is 2.91 bits per heavy atom. The molecule has 2 aromatic heterocycles. The van der Waals surface area contributed by atoms with E-state index in [1.54, 1.807) is 17.6 Å². The van der Waals surface area contributed by atoms with E-state index in [4.69, 9.17) is 4.42 Å². The van der Waals surface area contributed by atoms with Gasteiger partial charge in [0.25, 0.3) is 0 Å². The minimum atomic E-state index is -0.175. The number of aryl methyl sites for hydroxylation is 1. The van der Waals surface area contributed by atoms with E-state index in [-0.39, 0.29) is 12.1 Å². The third-order valence-electron chi connectivity index (χ3n) is 4.01. The van der Waals surface area contributed by atoms with Crippen molar-refractivity contribution in [2.45, 2.75) is 32.4 Å². The number of carbonyl (C=O) groups is 1. The zero-order valence-corrected chi connectivity index (χ0v) is 14.1. The lowest BCUT2D eigenvalue weighted by Gasteiger charge is -2.26. The van der Waals surface area contributed by atoms with Crippen LogP contribution in [-0.4, -0.2) is 35.5 Å². The highest BCUT2D eigenvalue weighted by atomic mass is 32.1. The minimum Gasteiger partial charge on any atom is -0.468 e. The van der Waals surface area contributed by atoms with Crippen molar-refractivity contribution < 1.29 is 9.21 Å². The van der Waals surface area contributed by atoms with E-state index < -0.39 is 0 Å². The van der Waals surface area contributed by atoms with E-state index >= 15 is 0 Å². The molecule has 2 N–H and O–H groups in total. The molecule has 1 fully saturated rings. The predicted octanol–water partition coefficient (Wildman–Crippen LogP) is 2.68. The third-order valence-corrected chi connectivity index (χ3v) is 4.83. The van der Waals surface area contributed by atoms with E-state index in [0.717, 1.165) is 29.6 Å². The van der Waals surface area contributed by atoms with Crippen LogP contribution in [0.25, 0.3) is 0 Å². The summed E-state index contributed by atoms with van der Waals surface area (Å²) in [6.07, 6.45) is 4.09. The molecule has 1 aliphatic rings. The van der Waals surface area contributed by atoms with E-state index in [9.17, 15) is 4.79 Å². The fourth-order valence-corrected chi connectivity index (χ4v) is 3.47. The topological polar surface area (TPSA) is 70.4 Å². The molecule has 2 amide bonds. The number of carbonyl (C=O) groups excluding carboxylic acids is 1. The number of amides is 2. The second-order valence-corrected chi connectivity index (χ2v) is 6.76. The van der Waals surface area contributed by atoms with Crippen LogP contribution in [0, 0.1) is 6.92 Å². The van der Waals surface area contributed by atoms with Gasteiger partial charge in [-0.1, -0.05) is 0 Å². The Morgan fingerprint density at radius 2 is 2.26 bits per heavy atom. The largest absolute Gasteiger partial charge is 0.468 e. The Kier molecular flexibility index (Phi) is 5.30. The van der Waals surface area contributed by atoms with Crippen LogP contribution in [0.3, 0.4) is 0 Å². The van der Waals surface area contributed by atoms with Crippen molar-refractivity contribution in [1.82, 2.24) is 20.5 Å². The van der Waals surface area contributed by atoms with Gasteiger partial charge in [0.15, 0.2) is 0 Å². The maximum absolute atomic E-state index is 12.0. The molecule has 0 bridgehead atoms. The molecule has 1 saturated heterocycles. The first kappa shape index (κ1) is 16.0. The number of nitrogens with zero attached hydrogens (tertiary/aromatic N) is 2. The number of aromatic nitrogens is 1. The Balaban J connectivity index is 1.50. The van der Waals surface area contributed by atoms with Crippen molar-refractivity contribution in [1.29, 1.82) is 0 Å². The van der Waals surface area contributed by atoms with Gasteiger partial charge < -0.3 is 15.1 Å². The fraction of sp³-hybridized carbons (Fsp3) is 0.500. The molecular formula is C16H22N4O2S. The lowest BCUT2D eigenvalue weighted by atomic mass is 10.2. The molecule has 0 aromatic carbocycles. The number of likely N-dealkylation sites (tertiary alicyclic amines) is 1. The normalized spacial score (nSPS) is 16.4. The molecule has 0 saturated carbocycles. The molecule has 3 rings (SSSR count). The quantitative estimate of drug-likeness (QED) is 0.852. The number of urea groups is 1. The molecule has 1 aliphatic heterocycles. The van der Waals surface area contributed by atoms with Gasteiger partial charge in [0.2, 0.25) is 0 Å². The van der Waals surface area contributed by atoms with Crippen LogP contribution >= 0.6 is 11.3 Å². The molecule has 23 heavy (non-hydrogen) atoms. The van der Waals surface area contributed by atoms with Gasteiger partial charge in [-0.25, -0.2) is 9.78 Å². The molecular weight excluding hydrogens is 312 g/mol. The Morgan fingerprint density at radius 1 is 1.43 bits per heavy atom. The summed E-state index contributed by atoms with van der Waals surface area (Å²) in [7, 11) is 0. The lowest BCUT2D eigenvalue weighted by molar-refractivity contribution is 0.203. The zero-order chi connectivity index (χ0) is 16.1. The van der Waals surface area contributed by atoms with Crippen LogP contribution in [0.2, 0.25) is 0 Å². The molecule has 1 unspecified atom stereocenters. The van der Waals surface area contributed by atoms with E-state index in [1.807, 2.05) is 24.4 Å². The molecule has 2 aromatic rings. The van der Waals surface area contributed by atoms with Crippen molar-refractivity contribution in [3.63, 3.8) is 0 Å². The van der Waals surface area contributed by atoms with E-state index in [0.29, 0.717) is 13.1 Å². The molecule has 7 heteroatoms. The Labute approximate surface area is 139 Å². The predicted molar refractivity (Wildman–Crippen MR) is 89.3 cm³/mol. The maximum Gasteiger partial charge on any atom is 0.315 e. The van der Waals surface area contributed by atoms with Crippen LogP contribution < -0.4 is 10.6 Å². The van der Waals surface area contributed by atoms with Crippen LogP contribution in [0.4, 0.5) is 4.79 Å². The lowest BCUT2D eigenvalue weighted by Crippen LogP contribution is -2.41. The highest BCUT2D eigenvalue weighted by Gasteiger charge is 2.25. The van der Waals surface area contributed by atoms with E-state index in [1.165, 1.54) is 12.8 Å². The number of hydrogen-bond acceptors (Lipinski definition) is 5. The number of nitrogens with one attached hydrogen (secondary N) is 2. The van der Waals surface area contributed by atoms with Crippen molar-refractivity contribution in [3.8, 4) is 0 Å². The monoisotopic (exact) mass is 334 g/mol. The molecule has 0 radical (unpaired) electrons. The Bertz CT molecular complexity index is 620. The summed E-state index contributed by atoms with van der Waals surface area (Å²) in [6.45, 7) is 5.04. The van der Waals surface area contributed by atoms with Crippen molar-refractivity contribution in [2.24, 2.45) is 0 Å². The summed E-state index contributed by atoms with van der Waals surface area (Å²) in [5, 5.41) is 8.77. The highest BCUT2D eigenvalue weighted by Crippen LogP contribution is 2.24. The van der Waals surface area contributed by atoms with Crippen molar-refractivity contribution in [2.75, 3.05) is 19.6 Å². The summed E-state index contributed by atoms with van der Waals surface area (Å²) in [4.78, 5) is 18.7. The van der Waals surface area contributed by atoms with Crippen LogP contribution in [0.1, 0.15) is 35.3 Å². The van der Waals surface area contributed by atoms with Crippen LogP contribution in [0.15, 0.2) is 28.2 Å². The first-order valence-corrected chi connectivity index (χ1v) is 8.80. The molecule has 0 spiro atoms. The van der Waals surface area contributed by atoms with Gasteiger partial charge in [0.05, 0.1) is 29.6 Å². The van der Waals surface area contributed by atoms with Gasteiger partial charge in [0, 0.05) is 11.9 Å². The SMILES string of the molecule is Cc1nc(CNC(=O)NCC(c2ccco2)N2CCCC2)cs1. The number of furan rings is 1. The second kappa shape index (κ2) is 7.61. The van der Waals surface area contributed by atoms with Crippen LogP contribution in [-0.2, 0) is 6.54 Å². The van der Waals surface area contributed by atoms with Gasteiger partial charge in [-0.15, -0.1) is 11.3 Å². The van der Waals surface area contributed by atoms with Gasteiger partial charge >= 0.3 is 6.03 Å². The molecule has 3 heterocycles. The number of thiazole rings is 1. The van der Waals surface area contributed by atoms with Gasteiger partial charge in [-0.3, -0.25) is 4.90 Å². The van der Waals surface area contributed by atoms with E-state index in [2.05, 4.69) is 20.5 Å². The van der Waals surface area contributed by atoms with Crippen molar-refractivity contribution >= 4 is 17.4 Å². The molecule has 124 valence electrons. The Hall–Kier alpha value is -1.86. The first-order chi connectivity index (χ1) is 11.2. The van der Waals surface area contributed by atoms with Gasteiger partial charge in [-0.05, 0) is 45.0 Å². The number of hydrogen-bond donors (Lipinski definition) is 2. The second-order valence-electron chi connectivity index (χ2n) is 5.70. The summed E-state index contributed by atoms with van der Waals surface area (Å²) in [5.74, 6) is 0.905. The number of rotatable bonds is 6. The summed E-state index contributed by atoms with van der Waals surface area (Å²) in [5.41, 5.74) is 0.893. The molecule has 0 aliphatic carbocycles. The van der Waals surface area contributed by atoms with Crippen LogP contribution in [0.5, 0.6) is 0 Å². The standard InChI is InChI=1S/C16H22N4O2S/c1-12-19-13(11-23-12)9-17-16(21)18-10-14(15-5-4-8-22-15)20-6-2-3-7-20/h4-5,8,11,14H,2-3,6-7,9-10H2,1H3,(H2,17,18,21). The highest BCUT2D eigenvalue weighted by molar-refractivity contribution is 7.09. The summed E-state index contributed by atoms with van der Waals surface area (Å²) in [6, 6.07) is 3.79. The molecule has 6 nitrogen and oxygen atoms in total. The fourth-order valence-electron chi connectivity index (χ4n) is 2.86. The smallest absolute Gasteiger partial charge is 0.315 e. The summed E-state index contributed by atoms with van der Waals surface area (Å²) < 4.78 is 5.55. The third kappa shape index (κ3) is 4.33. The average Bonchev–Trinajstić information content (AvgIpc) is 3.28.